The summed E-state index contributed by atoms with van der Waals surface area (Å²) < 4.78 is 5.47. The maximum atomic E-state index is 11.9. The molecule has 1 aromatic carbocycles. The lowest BCUT2D eigenvalue weighted by Gasteiger charge is -2.14. The van der Waals surface area contributed by atoms with Gasteiger partial charge in [-0.1, -0.05) is 29.3 Å². The molecule has 0 aliphatic carbocycles. The molecule has 0 spiro atoms. The van der Waals surface area contributed by atoms with E-state index < -0.39 is 12.0 Å². The van der Waals surface area contributed by atoms with Gasteiger partial charge in [-0.2, -0.15) is 5.10 Å². The van der Waals surface area contributed by atoms with Crippen molar-refractivity contribution in [2.45, 2.75) is 13.0 Å². The number of rotatable bonds is 5. The van der Waals surface area contributed by atoms with Crippen LogP contribution in [0.3, 0.4) is 0 Å². The summed E-state index contributed by atoms with van der Waals surface area (Å²) in [4.78, 5) is 15.9. The summed E-state index contributed by atoms with van der Waals surface area (Å²) >= 11 is 11.8. The molecule has 1 N–H and O–H groups in total. The SMILES string of the molecule is CC(Oc1ccc(Cl)cc1Cl)C(=O)NN=Cc1ccccn1. The van der Waals surface area contributed by atoms with Crippen LogP contribution in [0.25, 0.3) is 0 Å². The fraction of sp³-hybridized carbons (Fsp3) is 0.133. The zero-order chi connectivity index (χ0) is 15.9. The van der Waals surface area contributed by atoms with E-state index in [2.05, 4.69) is 15.5 Å². The van der Waals surface area contributed by atoms with E-state index in [0.29, 0.717) is 21.5 Å². The lowest BCUT2D eigenvalue weighted by molar-refractivity contribution is -0.127. The number of hydrogen-bond donors (Lipinski definition) is 1. The number of nitrogens with zero attached hydrogens (tertiary/aromatic N) is 2. The monoisotopic (exact) mass is 337 g/mol. The second kappa shape index (κ2) is 7.77. The van der Waals surface area contributed by atoms with Crippen LogP contribution in [0.1, 0.15) is 12.6 Å². The largest absolute Gasteiger partial charge is 0.479 e. The standard InChI is InChI=1S/C15H13Cl2N3O2/c1-10(22-14-6-5-11(16)8-13(14)17)15(21)20-19-9-12-4-2-3-7-18-12/h2-10H,1H3,(H,20,21). The van der Waals surface area contributed by atoms with E-state index in [1.165, 1.54) is 6.21 Å². The number of amides is 1. The van der Waals surface area contributed by atoms with Crippen molar-refractivity contribution in [1.82, 2.24) is 10.4 Å². The molecular formula is C15H13Cl2N3O2. The van der Waals surface area contributed by atoms with Gasteiger partial charge in [0.2, 0.25) is 0 Å². The molecule has 1 unspecified atom stereocenters. The van der Waals surface area contributed by atoms with Gasteiger partial charge >= 0.3 is 0 Å². The smallest absolute Gasteiger partial charge is 0.280 e. The molecule has 0 saturated carbocycles. The molecule has 1 heterocycles. The quantitative estimate of drug-likeness (QED) is 0.672. The number of nitrogens with one attached hydrogen (secondary N) is 1. The van der Waals surface area contributed by atoms with Crippen LogP contribution in [-0.2, 0) is 4.79 Å². The van der Waals surface area contributed by atoms with Crippen LogP contribution >= 0.6 is 23.2 Å². The summed E-state index contributed by atoms with van der Waals surface area (Å²) in [5.74, 6) is -0.0272. The molecule has 0 aliphatic heterocycles. The molecule has 5 nitrogen and oxygen atoms in total. The van der Waals surface area contributed by atoms with E-state index >= 15 is 0 Å². The Bertz CT molecular complexity index is 678. The van der Waals surface area contributed by atoms with Gasteiger partial charge in [0, 0.05) is 11.2 Å². The van der Waals surface area contributed by atoms with Gasteiger partial charge in [-0.05, 0) is 37.3 Å². The zero-order valence-electron chi connectivity index (χ0n) is 11.7. The Morgan fingerprint density at radius 2 is 2.18 bits per heavy atom. The van der Waals surface area contributed by atoms with Gasteiger partial charge in [-0.3, -0.25) is 9.78 Å². The lowest BCUT2D eigenvalue weighted by atomic mass is 10.3. The molecule has 0 saturated heterocycles. The van der Waals surface area contributed by atoms with Crippen molar-refractivity contribution in [3.63, 3.8) is 0 Å². The van der Waals surface area contributed by atoms with Gasteiger partial charge < -0.3 is 4.74 Å². The Morgan fingerprint density at radius 1 is 1.36 bits per heavy atom. The summed E-state index contributed by atoms with van der Waals surface area (Å²) in [6, 6.07) is 10.2. The normalized spacial score (nSPS) is 12.1. The van der Waals surface area contributed by atoms with Crippen molar-refractivity contribution in [2.24, 2.45) is 5.10 Å². The molecule has 1 aromatic heterocycles. The van der Waals surface area contributed by atoms with Crippen LogP contribution in [0.4, 0.5) is 0 Å². The summed E-state index contributed by atoms with van der Waals surface area (Å²) in [6.45, 7) is 1.59. The van der Waals surface area contributed by atoms with E-state index in [-0.39, 0.29) is 0 Å². The van der Waals surface area contributed by atoms with Gasteiger partial charge in [0.05, 0.1) is 16.9 Å². The first-order valence-electron chi connectivity index (χ1n) is 6.42. The topological polar surface area (TPSA) is 63.6 Å². The van der Waals surface area contributed by atoms with Crippen molar-refractivity contribution in [3.8, 4) is 5.75 Å². The second-order valence-corrected chi connectivity index (χ2v) is 5.17. The molecule has 2 rings (SSSR count). The minimum absolute atomic E-state index is 0.337. The second-order valence-electron chi connectivity index (χ2n) is 4.32. The van der Waals surface area contributed by atoms with Crippen molar-refractivity contribution in [1.29, 1.82) is 0 Å². The number of hydrazone groups is 1. The minimum atomic E-state index is -0.764. The fourth-order valence-electron chi connectivity index (χ4n) is 1.52. The zero-order valence-corrected chi connectivity index (χ0v) is 13.2. The first-order valence-corrected chi connectivity index (χ1v) is 7.17. The lowest BCUT2D eigenvalue weighted by Crippen LogP contribution is -2.33. The number of ether oxygens (including phenoxy) is 1. The third-order valence-corrected chi connectivity index (χ3v) is 3.16. The third kappa shape index (κ3) is 4.72. The summed E-state index contributed by atoms with van der Waals surface area (Å²) in [7, 11) is 0. The number of carbonyl (C=O) groups excluding carboxylic acids is 1. The molecule has 22 heavy (non-hydrogen) atoms. The number of aromatic nitrogens is 1. The summed E-state index contributed by atoms with van der Waals surface area (Å²) in [5.41, 5.74) is 3.01. The Balaban J connectivity index is 1.91. The van der Waals surface area contributed by atoms with Crippen molar-refractivity contribution >= 4 is 35.3 Å². The van der Waals surface area contributed by atoms with Gasteiger partial charge in [-0.25, -0.2) is 5.43 Å². The highest BCUT2D eigenvalue weighted by atomic mass is 35.5. The van der Waals surface area contributed by atoms with Crippen LogP contribution < -0.4 is 10.2 Å². The Kier molecular flexibility index (Phi) is 5.75. The predicted octanol–water partition coefficient (Wildman–Crippen LogP) is 3.31. The van der Waals surface area contributed by atoms with Crippen molar-refractivity contribution in [2.75, 3.05) is 0 Å². The predicted molar refractivity (Wildman–Crippen MR) is 86.5 cm³/mol. The summed E-state index contributed by atoms with van der Waals surface area (Å²) in [5, 5.41) is 4.65. The molecule has 2 aromatic rings. The van der Waals surface area contributed by atoms with E-state index in [0.717, 1.165) is 0 Å². The molecule has 1 amide bonds. The average Bonchev–Trinajstić information content (AvgIpc) is 2.51. The molecule has 0 fully saturated rings. The molecule has 114 valence electrons. The molecule has 0 aliphatic rings. The Morgan fingerprint density at radius 3 is 2.86 bits per heavy atom. The number of halogens is 2. The van der Waals surface area contributed by atoms with E-state index in [9.17, 15) is 4.79 Å². The highest BCUT2D eigenvalue weighted by Gasteiger charge is 2.15. The number of carbonyl (C=O) groups is 1. The van der Waals surface area contributed by atoms with Crippen LogP contribution in [0.2, 0.25) is 10.0 Å². The van der Waals surface area contributed by atoms with Gasteiger partial charge in [0.25, 0.3) is 5.91 Å². The average molecular weight is 338 g/mol. The molecule has 0 bridgehead atoms. The summed E-state index contributed by atoms with van der Waals surface area (Å²) in [6.07, 6.45) is 2.32. The van der Waals surface area contributed by atoms with Crippen LogP contribution in [0, 0.1) is 0 Å². The van der Waals surface area contributed by atoms with E-state index in [1.807, 2.05) is 6.07 Å². The van der Waals surface area contributed by atoms with Gasteiger partial charge in [0.1, 0.15) is 5.75 Å². The van der Waals surface area contributed by atoms with E-state index in [4.69, 9.17) is 27.9 Å². The van der Waals surface area contributed by atoms with Crippen molar-refractivity contribution in [3.05, 3.63) is 58.3 Å². The van der Waals surface area contributed by atoms with Gasteiger partial charge in [0.15, 0.2) is 6.10 Å². The Hall–Kier alpha value is -2.11. The molecule has 0 radical (unpaired) electrons. The highest BCUT2D eigenvalue weighted by Crippen LogP contribution is 2.28. The van der Waals surface area contributed by atoms with Crippen LogP contribution in [0.15, 0.2) is 47.7 Å². The van der Waals surface area contributed by atoms with Crippen LogP contribution in [-0.4, -0.2) is 23.2 Å². The third-order valence-electron chi connectivity index (χ3n) is 2.63. The van der Waals surface area contributed by atoms with Crippen molar-refractivity contribution < 1.29 is 9.53 Å². The number of pyridine rings is 1. The first-order chi connectivity index (χ1) is 10.6. The Labute approximate surface area is 137 Å². The fourth-order valence-corrected chi connectivity index (χ4v) is 1.97. The maximum absolute atomic E-state index is 11.9. The highest BCUT2D eigenvalue weighted by molar-refractivity contribution is 6.35. The van der Waals surface area contributed by atoms with E-state index in [1.54, 1.807) is 43.5 Å². The minimum Gasteiger partial charge on any atom is -0.479 e. The first kappa shape index (κ1) is 16.3. The number of benzene rings is 1. The van der Waals surface area contributed by atoms with Gasteiger partial charge in [-0.15, -0.1) is 0 Å². The molecule has 1 atom stereocenters. The molecule has 7 heteroatoms. The number of hydrogen-bond acceptors (Lipinski definition) is 4. The van der Waals surface area contributed by atoms with Crippen LogP contribution in [0.5, 0.6) is 5.75 Å². The molecular weight excluding hydrogens is 325 g/mol. The maximum Gasteiger partial charge on any atom is 0.280 e.